The third-order valence-corrected chi connectivity index (χ3v) is 5.48. The number of nitrogens with zero attached hydrogens (tertiary/aromatic N) is 1. The maximum atomic E-state index is 12.7. The number of amides is 2. The summed E-state index contributed by atoms with van der Waals surface area (Å²) in [6.07, 6.45) is 1.23. The zero-order valence-electron chi connectivity index (χ0n) is 18.9. The summed E-state index contributed by atoms with van der Waals surface area (Å²) in [5, 5.41) is 8.78. The van der Waals surface area contributed by atoms with E-state index in [1.54, 1.807) is 62.9 Å². The predicted molar refractivity (Wildman–Crippen MR) is 127 cm³/mol. The molecule has 2 heterocycles. The highest BCUT2D eigenvalue weighted by Crippen LogP contribution is 2.21. The SMILES string of the molecule is COc1ccc(NC(=O)N[C@H]2CNC[C@@H]2OC(=O)c2ccc(-c3ccc(OC)nc3)cc2)cc1. The molecular formula is C25H26N4O5. The van der Waals surface area contributed by atoms with Crippen LogP contribution in [0, 0.1) is 0 Å². The highest BCUT2D eigenvalue weighted by Gasteiger charge is 2.32. The molecule has 0 spiro atoms. The molecule has 2 aromatic carbocycles. The maximum absolute atomic E-state index is 12.7. The molecule has 2 amide bonds. The minimum atomic E-state index is -0.486. The number of benzene rings is 2. The predicted octanol–water partition coefficient (Wildman–Crippen LogP) is 3.08. The number of nitrogens with one attached hydrogen (secondary N) is 3. The van der Waals surface area contributed by atoms with Gasteiger partial charge in [0, 0.05) is 36.6 Å². The summed E-state index contributed by atoms with van der Waals surface area (Å²) in [5.41, 5.74) is 2.89. The number of rotatable bonds is 7. The summed E-state index contributed by atoms with van der Waals surface area (Å²) in [7, 11) is 3.14. The molecule has 3 N–H and O–H groups in total. The lowest BCUT2D eigenvalue weighted by Gasteiger charge is -2.21. The lowest BCUT2D eigenvalue weighted by Crippen LogP contribution is -2.46. The van der Waals surface area contributed by atoms with Crippen LogP contribution in [-0.4, -0.2) is 56.4 Å². The number of pyridine rings is 1. The quantitative estimate of drug-likeness (QED) is 0.463. The van der Waals surface area contributed by atoms with E-state index in [0.29, 0.717) is 36.0 Å². The first-order chi connectivity index (χ1) is 16.6. The lowest BCUT2D eigenvalue weighted by molar-refractivity contribution is 0.0296. The molecule has 0 unspecified atom stereocenters. The molecule has 1 saturated heterocycles. The van der Waals surface area contributed by atoms with Crippen LogP contribution < -0.4 is 25.4 Å². The number of esters is 1. The Bertz CT molecular complexity index is 1120. The zero-order chi connectivity index (χ0) is 23.9. The highest BCUT2D eigenvalue weighted by molar-refractivity contribution is 5.91. The first-order valence-corrected chi connectivity index (χ1v) is 10.8. The molecule has 0 bridgehead atoms. The van der Waals surface area contributed by atoms with Gasteiger partial charge in [0.25, 0.3) is 0 Å². The zero-order valence-corrected chi connectivity index (χ0v) is 18.9. The van der Waals surface area contributed by atoms with Gasteiger partial charge < -0.3 is 30.2 Å². The van der Waals surface area contributed by atoms with Gasteiger partial charge in [0.15, 0.2) is 0 Å². The molecule has 1 aliphatic rings. The van der Waals surface area contributed by atoms with Gasteiger partial charge >= 0.3 is 12.0 Å². The molecule has 9 heteroatoms. The Balaban J connectivity index is 1.32. The summed E-state index contributed by atoms with van der Waals surface area (Å²) < 4.78 is 15.9. The monoisotopic (exact) mass is 462 g/mol. The number of hydrogen-bond acceptors (Lipinski definition) is 7. The minimum absolute atomic E-state index is 0.355. The number of ether oxygens (including phenoxy) is 3. The van der Waals surface area contributed by atoms with Gasteiger partial charge in [-0.3, -0.25) is 0 Å². The molecule has 1 aromatic heterocycles. The van der Waals surface area contributed by atoms with Crippen molar-refractivity contribution >= 4 is 17.7 Å². The van der Waals surface area contributed by atoms with E-state index in [4.69, 9.17) is 14.2 Å². The summed E-state index contributed by atoms with van der Waals surface area (Å²) in [5.74, 6) is 0.789. The van der Waals surface area contributed by atoms with Gasteiger partial charge in [0.05, 0.1) is 25.8 Å². The van der Waals surface area contributed by atoms with Crippen LogP contribution in [0.4, 0.5) is 10.5 Å². The molecule has 0 aliphatic carbocycles. The van der Waals surface area contributed by atoms with Crippen molar-refractivity contribution in [1.82, 2.24) is 15.6 Å². The van der Waals surface area contributed by atoms with Crippen LogP contribution in [-0.2, 0) is 4.74 Å². The van der Waals surface area contributed by atoms with Crippen molar-refractivity contribution in [2.75, 3.05) is 32.6 Å². The molecular weight excluding hydrogens is 436 g/mol. The van der Waals surface area contributed by atoms with Crippen molar-refractivity contribution in [2.45, 2.75) is 12.1 Å². The number of anilines is 1. The number of hydrogen-bond donors (Lipinski definition) is 3. The van der Waals surface area contributed by atoms with Gasteiger partial charge in [-0.2, -0.15) is 0 Å². The smallest absolute Gasteiger partial charge is 0.338 e. The molecule has 0 saturated carbocycles. The molecule has 176 valence electrons. The van der Waals surface area contributed by atoms with Crippen molar-refractivity contribution in [2.24, 2.45) is 0 Å². The Morgan fingerprint density at radius 2 is 1.65 bits per heavy atom. The van der Waals surface area contributed by atoms with E-state index < -0.39 is 12.1 Å². The van der Waals surface area contributed by atoms with Crippen LogP contribution in [0.2, 0.25) is 0 Å². The third-order valence-electron chi connectivity index (χ3n) is 5.48. The van der Waals surface area contributed by atoms with E-state index in [1.807, 2.05) is 18.2 Å². The van der Waals surface area contributed by atoms with Gasteiger partial charge in [-0.05, 0) is 48.0 Å². The van der Waals surface area contributed by atoms with Crippen LogP contribution in [0.15, 0.2) is 66.9 Å². The van der Waals surface area contributed by atoms with Gasteiger partial charge in [-0.15, -0.1) is 0 Å². The van der Waals surface area contributed by atoms with E-state index in [-0.39, 0.29) is 12.1 Å². The fraction of sp³-hybridized carbons (Fsp3) is 0.240. The summed E-state index contributed by atoms with van der Waals surface area (Å²) >= 11 is 0. The van der Waals surface area contributed by atoms with Crippen LogP contribution in [0.1, 0.15) is 10.4 Å². The van der Waals surface area contributed by atoms with Gasteiger partial charge in [-0.25, -0.2) is 14.6 Å². The highest BCUT2D eigenvalue weighted by atomic mass is 16.5. The number of urea groups is 1. The molecule has 4 rings (SSSR count). The summed E-state index contributed by atoms with van der Waals surface area (Å²) in [6, 6.07) is 17.1. The average Bonchev–Trinajstić information content (AvgIpc) is 3.30. The van der Waals surface area contributed by atoms with Crippen molar-refractivity contribution in [3.63, 3.8) is 0 Å². The van der Waals surface area contributed by atoms with Crippen LogP contribution in [0.5, 0.6) is 11.6 Å². The van der Waals surface area contributed by atoms with Gasteiger partial charge in [-0.1, -0.05) is 12.1 Å². The topological polar surface area (TPSA) is 111 Å². The molecule has 9 nitrogen and oxygen atoms in total. The number of methoxy groups -OCH3 is 2. The number of carbonyl (C=O) groups is 2. The summed E-state index contributed by atoms with van der Waals surface area (Å²) in [4.78, 5) is 29.3. The minimum Gasteiger partial charge on any atom is -0.497 e. The Labute approximate surface area is 197 Å². The second-order valence-electron chi connectivity index (χ2n) is 7.70. The maximum Gasteiger partial charge on any atom is 0.338 e. The standard InChI is InChI=1S/C25H26N4O5/c1-32-20-10-8-19(9-11-20)28-25(31)29-21-14-26-15-22(21)34-24(30)17-5-3-16(4-6-17)18-7-12-23(33-2)27-13-18/h3-13,21-22,26H,14-15H2,1-2H3,(H2,28,29,31)/t21-,22-/m0/s1. The lowest BCUT2D eigenvalue weighted by atomic mass is 10.1. The second-order valence-corrected chi connectivity index (χ2v) is 7.70. The fourth-order valence-corrected chi connectivity index (χ4v) is 3.61. The molecule has 1 fully saturated rings. The van der Waals surface area contributed by atoms with Crippen molar-refractivity contribution in [3.05, 3.63) is 72.4 Å². The van der Waals surface area contributed by atoms with Crippen molar-refractivity contribution in [3.8, 4) is 22.8 Å². The van der Waals surface area contributed by atoms with E-state index in [0.717, 1.165) is 11.1 Å². The second kappa shape index (κ2) is 10.7. The van der Waals surface area contributed by atoms with Crippen molar-refractivity contribution < 1.29 is 23.8 Å². The average molecular weight is 463 g/mol. The normalized spacial score (nSPS) is 17.0. The fourth-order valence-electron chi connectivity index (χ4n) is 3.61. The Hall–Kier alpha value is -4.11. The first kappa shape index (κ1) is 23.1. The Kier molecular flexibility index (Phi) is 7.24. The third kappa shape index (κ3) is 5.62. The molecule has 1 aliphatic heterocycles. The number of carbonyl (C=O) groups excluding carboxylic acids is 2. The Morgan fingerprint density at radius 1 is 0.912 bits per heavy atom. The van der Waals surface area contributed by atoms with Crippen LogP contribution >= 0.6 is 0 Å². The summed E-state index contributed by atoms with van der Waals surface area (Å²) in [6.45, 7) is 0.951. The molecule has 0 radical (unpaired) electrons. The van der Waals surface area contributed by atoms with Crippen LogP contribution in [0.25, 0.3) is 11.1 Å². The largest absolute Gasteiger partial charge is 0.497 e. The van der Waals surface area contributed by atoms with Gasteiger partial charge in [0.2, 0.25) is 5.88 Å². The van der Waals surface area contributed by atoms with Crippen LogP contribution in [0.3, 0.4) is 0 Å². The molecule has 34 heavy (non-hydrogen) atoms. The van der Waals surface area contributed by atoms with E-state index >= 15 is 0 Å². The molecule has 3 aromatic rings. The van der Waals surface area contributed by atoms with E-state index in [2.05, 4.69) is 20.9 Å². The molecule has 2 atom stereocenters. The van der Waals surface area contributed by atoms with Gasteiger partial charge in [0.1, 0.15) is 11.9 Å². The van der Waals surface area contributed by atoms with E-state index in [9.17, 15) is 9.59 Å². The number of aromatic nitrogens is 1. The van der Waals surface area contributed by atoms with Crippen molar-refractivity contribution in [1.29, 1.82) is 0 Å². The first-order valence-electron chi connectivity index (χ1n) is 10.8. The van der Waals surface area contributed by atoms with E-state index in [1.165, 1.54) is 0 Å². The Morgan fingerprint density at radius 3 is 2.29 bits per heavy atom.